The number of nitrogens with one attached hydrogen (secondary N) is 1. The van der Waals surface area contributed by atoms with Gasteiger partial charge in [0.15, 0.2) is 0 Å². The predicted octanol–water partition coefficient (Wildman–Crippen LogP) is 3.43. The molecule has 1 unspecified atom stereocenters. The molecule has 0 amide bonds. The van der Waals surface area contributed by atoms with Gasteiger partial charge < -0.3 is 10.1 Å². The standard InChI is InChI=1S/C12H15Br2NO/c1-2-15-11-7-16-6-5-8-9(13)3-4-10(14)12(8)11/h3-4,11,15H,2,5-7H2,1H3. The van der Waals surface area contributed by atoms with E-state index in [0.717, 1.165) is 26.2 Å². The van der Waals surface area contributed by atoms with Crippen LogP contribution in [-0.4, -0.2) is 19.8 Å². The van der Waals surface area contributed by atoms with Gasteiger partial charge in [0, 0.05) is 8.95 Å². The van der Waals surface area contributed by atoms with Crippen LogP contribution in [0.15, 0.2) is 21.1 Å². The van der Waals surface area contributed by atoms with E-state index < -0.39 is 0 Å². The Bertz CT molecular complexity index is 382. The van der Waals surface area contributed by atoms with Crippen LogP contribution in [0, 0.1) is 0 Å². The Morgan fingerprint density at radius 1 is 1.38 bits per heavy atom. The summed E-state index contributed by atoms with van der Waals surface area (Å²) >= 11 is 7.27. The van der Waals surface area contributed by atoms with E-state index in [1.807, 2.05) is 0 Å². The Labute approximate surface area is 113 Å². The number of halogens is 2. The quantitative estimate of drug-likeness (QED) is 0.884. The van der Waals surface area contributed by atoms with Crippen LogP contribution in [0.1, 0.15) is 24.1 Å². The van der Waals surface area contributed by atoms with Crippen molar-refractivity contribution in [1.29, 1.82) is 0 Å². The smallest absolute Gasteiger partial charge is 0.0662 e. The lowest BCUT2D eigenvalue weighted by molar-refractivity contribution is 0.122. The minimum Gasteiger partial charge on any atom is -0.379 e. The van der Waals surface area contributed by atoms with Crippen molar-refractivity contribution in [3.63, 3.8) is 0 Å². The molecule has 0 saturated carbocycles. The molecule has 0 fully saturated rings. The van der Waals surface area contributed by atoms with Crippen LogP contribution in [0.5, 0.6) is 0 Å². The molecule has 0 aliphatic carbocycles. The molecule has 0 bridgehead atoms. The van der Waals surface area contributed by atoms with Gasteiger partial charge in [0.2, 0.25) is 0 Å². The molecule has 0 aromatic heterocycles. The third kappa shape index (κ3) is 2.50. The maximum absolute atomic E-state index is 5.65. The summed E-state index contributed by atoms with van der Waals surface area (Å²) in [5.41, 5.74) is 2.70. The lowest BCUT2D eigenvalue weighted by atomic mass is 9.99. The van der Waals surface area contributed by atoms with Crippen molar-refractivity contribution in [1.82, 2.24) is 5.32 Å². The van der Waals surface area contributed by atoms with Gasteiger partial charge in [-0.2, -0.15) is 0 Å². The number of benzene rings is 1. The van der Waals surface area contributed by atoms with E-state index in [2.05, 4.69) is 56.2 Å². The summed E-state index contributed by atoms with van der Waals surface area (Å²) in [7, 11) is 0. The molecule has 1 atom stereocenters. The van der Waals surface area contributed by atoms with E-state index >= 15 is 0 Å². The van der Waals surface area contributed by atoms with Gasteiger partial charge in [-0.05, 0) is 36.2 Å². The van der Waals surface area contributed by atoms with Gasteiger partial charge in [-0.1, -0.05) is 38.8 Å². The molecular weight excluding hydrogens is 334 g/mol. The molecule has 88 valence electrons. The topological polar surface area (TPSA) is 21.3 Å². The van der Waals surface area contributed by atoms with E-state index in [0.29, 0.717) is 0 Å². The van der Waals surface area contributed by atoms with Gasteiger partial charge >= 0.3 is 0 Å². The van der Waals surface area contributed by atoms with Crippen LogP contribution in [-0.2, 0) is 11.2 Å². The van der Waals surface area contributed by atoms with Crippen molar-refractivity contribution < 1.29 is 4.74 Å². The molecule has 1 aromatic rings. The highest BCUT2D eigenvalue weighted by atomic mass is 79.9. The van der Waals surface area contributed by atoms with Crippen molar-refractivity contribution in [2.75, 3.05) is 19.8 Å². The monoisotopic (exact) mass is 347 g/mol. The van der Waals surface area contributed by atoms with Crippen molar-refractivity contribution >= 4 is 31.9 Å². The third-order valence-corrected chi connectivity index (χ3v) is 4.26. The molecule has 2 nitrogen and oxygen atoms in total. The highest BCUT2D eigenvalue weighted by Gasteiger charge is 2.22. The highest BCUT2D eigenvalue weighted by Crippen LogP contribution is 2.34. The molecule has 0 saturated heterocycles. The summed E-state index contributed by atoms with van der Waals surface area (Å²) in [5.74, 6) is 0. The Kier molecular flexibility index (Phi) is 4.41. The van der Waals surface area contributed by atoms with Gasteiger partial charge in [-0.15, -0.1) is 0 Å². The van der Waals surface area contributed by atoms with Crippen molar-refractivity contribution in [2.45, 2.75) is 19.4 Å². The van der Waals surface area contributed by atoms with Gasteiger partial charge in [0.05, 0.1) is 19.3 Å². The Morgan fingerprint density at radius 3 is 2.88 bits per heavy atom. The number of hydrogen-bond donors (Lipinski definition) is 1. The van der Waals surface area contributed by atoms with E-state index in [9.17, 15) is 0 Å². The van der Waals surface area contributed by atoms with Crippen LogP contribution in [0.4, 0.5) is 0 Å². The van der Waals surface area contributed by atoms with Crippen molar-refractivity contribution in [3.05, 3.63) is 32.2 Å². The fourth-order valence-corrected chi connectivity index (χ4v) is 3.30. The lowest BCUT2D eigenvalue weighted by Crippen LogP contribution is -2.25. The van der Waals surface area contributed by atoms with E-state index in [1.54, 1.807) is 0 Å². The number of ether oxygens (including phenoxy) is 1. The van der Waals surface area contributed by atoms with Gasteiger partial charge in [-0.3, -0.25) is 0 Å². The van der Waals surface area contributed by atoms with Crippen molar-refractivity contribution in [2.24, 2.45) is 0 Å². The first kappa shape index (κ1) is 12.6. The average molecular weight is 349 g/mol. The second kappa shape index (κ2) is 5.63. The normalized spacial score (nSPS) is 20.3. The highest BCUT2D eigenvalue weighted by molar-refractivity contribution is 9.11. The molecule has 0 spiro atoms. The second-order valence-electron chi connectivity index (χ2n) is 3.86. The fraction of sp³-hybridized carbons (Fsp3) is 0.500. The van der Waals surface area contributed by atoms with Crippen LogP contribution < -0.4 is 5.32 Å². The zero-order chi connectivity index (χ0) is 11.5. The molecule has 2 rings (SSSR count). The molecule has 16 heavy (non-hydrogen) atoms. The summed E-state index contributed by atoms with van der Waals surface area (Å²) in [4.78, 5) is 0. The van der Waals surface area contributed by atoms with Crippen LogP contribution in [0.25, 0.3) is 0 Å². The lowest BCUT2D eigenvalue weighted by Gasteiger charge is -2.20. The number of fused-ring (bicyclic) bond motifs is 1. The maximum Gasteiger partial charge on any atom is 0.0662 e. The summed E-state index contributed by atoms with van der Waals surface area (Å²) < 4.78 is 8.00. The van der Waals surface area contributed by atoms with Gasteiger partial charge in [0.25, 0.3) is 0 Å². The average Bonchev–Trinajstić information content (AvgIpc) is 2.48. The van der Waals surface area contributed by atoms with E-state index in [1.165, 1.54) is 20.1 Å². The fourth-order valence-electron chi connectivity index (χ4n) is 2.11. The zero-order valence-corrected chi connectivity index (χ0v) is 12.4. The van der Waals surface area contributed by atoms with Crippen LogP contribution in [0.3, 0.4) is 0 Å². The molecule has 1 aromatic carbocycles. The molecule has 1 aliphatic heterocycles. The van der Waals surface area contributed by atoms with E-state index in [-0.39, 0.29) is 6.04 Å². The minimum atomic E-state index is 0.286. The Hall–Kier alpha value is 0.1000. The number of hydrogen-bond acceptors (Lipinski definition) is 2. The van der Waals surface area contributed by atoms with Crippen LogP contribution in [0.2, 0.25) is 0 Å². The minimum absolute atomic E-state index is 0.286. The van der Waals surface area contributed by atoms with Crippen LogP contribution >= 0.6 is 31.9 Å². The molecule has 4 heteroatoms. The number of likely N-dealkylation sites (N-methyl/N-ethyl adjacent to an activating group) is 1. The largest absolute Gasteiger partial charge is 0.379 e. The zero-order valence-electron chi connectivity index (χ0n) is 9.22. The Balaban J connectivity index is 2.46. The molecule has 1 N–H and O–H groups in total. The first-order chi connectivity index (χ1) is 7.74. The first-order valence-corrected chi connectivity index (χ1v) is 7.10. The first-order valence-electron chi connectivity index (χ1n) is 5.52. The van der Waals surface area contributed by atoms with Gasteiger partial charge in [-0.25, -0.2) is 0 Å². The summed E-state index contributed by atoms with van der Waals surface area (Å²) in [5, 5.41) is 3.47. The Morgan fingerprint density at radius 2 is 2.12 bits per heavy atom. The summed E-state index contributed by atoms with van der Waals surface area (Å²) in [6, 6.07) is 4.48. The molecule has 1 aliphatic rings. The van der Waals surface area contributed by atoms with Crippen molar-refractivity contribution in [3.8, 4) is 0 Å². The molecule has 0 radical (unpaired) electrons. The SMILES string of the molecule is CCNC1COCCc2c(Br)ccc(Br)c21. The third-order valence-electron chi connectivity index (χ3n) is 2.83. The maximum atomic E-state index is 5.65. The van der Waals surface area contributed by atoms with Gasteiger partial charge in [0.1, 0.15) is 0 Å². The second-order valence-corrected chi connectivity index (χ2v) is 5.57. The molecule has 1 heterocycles. The number of rotatable bonds is 2. The van der Waals surface area contributed by atoms with E-state index in [4.69, 9.17) is 4.74 Å². The molecular formula is C12H15Br2NO. The predicted molar refractivity (Wildman–Crippen MR) is 72.8 cm³/mol. The summed E-state index contributed by atoms with van der Waals surface area (Å²) in [6.07, 6.45) is 0.969. The summed E-state index contributed by atoms with van der Waals surface area (Å²) in [6.45, 7) is 4.61.